The Morgan fingerprint density at radius 1 is 1.23 bits per heavy atom. The van der Waals surface area contributed by atoms with Crippen LogP contribution < -0.4 is 15.4 Å². The lowest BCUT2D eigenvalue weighted by molar-refractivity contribution is -0.128. The van der Waals surface area contributed by atoms with E-state index in [0.29, 0.717) is 31.3 Å². The zero-order valence-corrected chi connectivity index (χ0v) is 16.3. The van der Waals surface area contributed by atoms with Gasteiger partial charge in [-0.3, -0.25) is 9.78 Å². The molecule has 1 amide bonds. The summed E-state index contributed by atoms with van der Waals surface area (Å²) in [5.74, 6) is 0.826. The second-order valence-electron chi connectivity index (χ2n) is 7.08. The number of rotatable bonds is 8. The fourth-order valence-corrected chi connectivity index (χ4v) is 2.42. The molecule has 0 atom stereocenters. The maximum absolute atomic E-state index is 11.8. The van der Waals surface area contributed by atoms with Crippen molar-refractivity contribution in [2.24, 2.45) is 5.41 Å². The van der Waals surface area contributed by atoms with Crippen molar-refractivity contribution >= 4 is 17.5 Å². The van der Waals surface area contributed by atoms with Crippen LogP contribution in [0.15, 0.2) is 42.7 Å². The zero-order chi connectivity index (χ0) is 19.0. The predicted molar refractivity (Wildman–Crippen MR) is 104 cm³/mol. The molecule has 0 bridgehead atoms. The Morgan fingerprint density at radius 3 is 2.73 bits per heavy atom. The highest BCUT2D eigenvalue weighted by atomic mass is 35.5. The van der Waals surface area contributed by atoms with E-state index in [-0.39, 0.29) is 11.3 Å². The molecule has 5 nitrogen and oxygen atoms in total. The average molecular weight is 376 g/mol. The van der Waals surface area contributed by atoms with Gasteiger partial charge in [-0.2, -0.15) is 0 Å². The summed E-state index contributed by atoms with van der Waals surface area (Å²) in [6.07, 6.45) is 3.52. The molecule has 1 aromatic carbocycles. The summed E-state index contributed by atoms with van der Waals surface area (Å²) in [5, 5.41) is 6.89. The van der Waals surface area contributed by atoms with E-state index in [1.807, 2.05) is 51.1 Å². The van der Waals surface area contributed by atoms with Crippen molar-refractivity contribution in [2.75, 3.05) is 13.1 Å². The summed E-state index contributed by atoms with van der Waals surface area (Å²) in [4.78, 5) is 15.9. The van der Waals surface area contributed by atoms with Crippen LogP contribution in [0.3, 0.4) is 0 Å². The maximum atomic E-state index is 11.8. The monoisotopic (exact) mass is 375 g/mol. The standard InChI is InChI=1S/C20H26ClN3O2/c1-20(2,3)19(25)24-10-9-23-13-16-11-17(21)6-7-18(16)26-14-15-5-4-8-22-12-15/h4-8,11-12,23H,9-10,13-14H2,1-3H3,(H,24,25). The third kappa shape index (κ3) is 6.65. The minimum Gasteiger partial charge on any atom is -0.489 e. The molecule has 0 spiro atoms. The second kappa shape index (κ2) is 9.55. The minimum absolute atomic E-state index is 0.0440. The smallest absolute Gasteiger partial charge is 0.225 e. The van der Waals surface area contributed by atoms with Gasteiger partial charge in [0.1, 0.15) is 12.4 Å². The van der Waals surface area contributed by atoms with E-state index in [1.165, 1.54) is 0 Å². The van der Waals surface area contributed by atoms with Crippen LogP contribution in [0.1, 0.15) is 31.9 Å². The first-order valence-electron chi connectivity index (χ1n) is 8.65. The molecule has 6 heteroatoms. The number of pyridine rings is 1. The number of carbonyl (C=O) groups excluding carboxylic acids is 1. The van der Waals surface area contributed by atoms with Gasteiger partial charge >= 0.3 is 0 Å². The summed E-state index contributed by atoms with van der Waals surface area (Å²) < 4.78 is 5.91. The number of benzene rings is 1. The Kier molecular flexibility index (Phi) is 7.42. The molecular weight excluding hydrogens is 350 g/mol. The first kappa shape index (κ1) is 20.2. The van der Waals surface area contributed by atoms with Crippen molar-refractivity contribution in [3.63, 3.8) is 0 Å². The van der Waals surface area contributed by atoms with Gasteiger partial charge in [-0.25, -0.2) is 0 Å². The molecule has 1 aromatic heterocycles. The van der Waals surface area contributed by atoms with E-state index in [1.54, 1.807) is 12.4 Å². The lowest BCUT2D eigenvalue weighted by atomic mass is 9.96. The van der Waals surface area contributed by atoms with Crippen LogP contribution >= 0.6 is 11.6 Å². The van der Waals surface area contributed by atoms with E-state index in [2.05, 4.69) is 15.6 Å². The summed E-state index contributed by atoms with van der Waals surface area (Å²) in [6.45, 7) is 7.98. The number of carbonyl (C=O) groups is 1. The number of hydrogen-bond acceptors (Lipinski definition) is 4. The van der Waals surface area contributed by atoms with E-state index in [4.69, 9.17) is 16.3 Å². The van der Waals surface area contributed by atoms with Gasteiger partial charge in [-0.05, 0) is 24.3 Å². The number of ether oxygens (including phenoxy) is 1. The fraction of sp³-hybridized carbons (Fsp3) is 0.400. The first-order chi connectivity index (χ1) is 12.4. The average Bonchev–Trinajstić information content (AvgIpc) is 2.60. The third-order valence-corrected chi connectivity index (χ3v) is 3.96. The van der Waals surface area contributed by atoms with Crippen LogP contribution in [0.2, 0.25) is 5.02 Å². The molecular formula is C20H26ClN3O2. The highest BCUT2D eigenvalue weighted by Gasteiger charge is 2.20. The Balaban J connectivity index is 1.84. The molecule has 2 aromatic rings. The molecule has 1 heterocycles. The topological polar surface area (TPSA) is 63.2 Å². The van der Waals surface area contributed by atoms with Crippen molar-refractivity contribution in [3.8, 4) is 5.75 Å². The van der Waals surface area contributed by atoms with Crippen LogP contribution in [0.4, 0.5) is 0 Å². The predicted octanol–water partition coefficient (Wildman–Crippen LogP) is 3.57. The van der Waals surface area contributed by atoms with Crippen molar-refractivity contribution in [1.29, 1.82) is 0 Å². The largest absolute Gasteiger partial charge is 0.489 e. The van der Waals surface area contributed by atoms with Gasteiger partial charge in [-0.1, -0.05) is 38.4 Å². The van der Waals surface area contributed by atoms with Crippen LogP contribution in [0.5, 0.6) is 5.75 Å². The normalized spacial score (nSPS) is 11.2. The number of hydrogen-bond donors (Lipinski definition) is 2. The maximum Gasteiger partial charge on any atom is 0.225 e. The van der Waals surface area contributed by atoms with Gasteiger partial charge in [0.15, 0.2) is 0 Å². The number of nitrogens with one attached hydrogen (secondary N) is 2. The fourth-order valence-electron chi connectivity index (χ4n) is 2.22. The third-order valence-electron chi connectivity index (χ3n) is 3.72. The van der Waals surface area contributed by atoms with Crippen molar-refractivity contribution in [3.05, 3.63) is 58.9 Å². The van der Waals surface area contributed by atoms with Gasteiger partial charge in [0.25, 0.3) is 0 Å². The highest BCUT2D eigenvalue weighted by Crippen LogP contribution is 2.23. The molecule has 0 fully saturated rings. The molecule has 0 aliphatic carbocycles. The van der Waals surface area contributed by atoms with E-state index in [0.717, 1.165) is 16.9 Å². The number of halogens is 1. The summed E-state index contributed by atoms with van der Waals surface area (Å²) >= 11 is 6.12. The van der Waals surface area contributed by atoms with Crippen LogP contribution in [-0.2, 0) is 17.9 Å². The first-order valence-corrected chi connectivity index (χ1v) is 9.03. The van der Waals surface area contributed by atoms with Gasteiger partial charge in [0.2, 0.25) is 5.91 Å². The van der Waals surface area contributed by atoms with Crippen LogP contribution in [-0.4, -0.2) is 24.0 Å². The molecule has 0 saturated carbocycles. The Hall–Kier alpha value is -2.11. The van der Waals surface area contributed by atoms with Gasteiger partial charge in [-0.15, -0.1) is 0 Å². The second-order valence-corrected chi connectivity index (χ2v) is 7.52. The van der Waals surface area contributed by atoms with Crippen LogP contribution in [0, 0.1) is 5.41 Å². The molecule has 2 rings (SSSR count). The Labute approximate surface area is 160 Å². The lowest BCUT2D eigenvalue weighted by Gasteiger charge is -2.18. The van der Waals surface area contributed by atoms with Crippen molar-refractivity contribution < 1.29 is 9.53 Å². The highest BCUT2D eigenvalue weighted by molar-refractivity contribution is 6.30. The number of nitrogens with zero attached hydrogens (tertiary/aromatic N) is 1. The molecule has 0 unspecified atom stereocenters. The molecule has 0 aliphatic rings. The van der Waals surface area contributed by atoms with E-state index in [9.17, 15) is 4.79 Å². The number of amides is 1. The summed E-state index contributed by atoms with van der Waals surface area (Å²) in [7, 11) is 0. The molecule has 140 valence electrons. The van der Waals surface area contributed by atoms with E-state index < -0.39 is 0 Å². The molecule has 2 N–H and O–H groups in total. The number of aromatic nitrogens is 1. The Morgan fingerprint density at radius 2 is 2.04 bits per heavy atom. The van der Waals surface area contributed by atoms with Gasteiger partial charge < -0.3 is 15.4 Å². The molecule has 26 heavy (non-hydrogen) atoms. The molecule has 0 saturated heterocycles. The summed E-state index contributed by atoms with van der Waals surface area (Å²) in [6, 6.07) is 9.43. The van der Waals surface area contributed by atoms with Gasteiger partial charge in [0.05, 0.1) is 0 Å². The Bertz CT molecular complexity index is 715. The minimum atomic E-state index is -0.375. The van der Waals surface area contributed by atoms with Crippen molar-refractivity contribution in [2.45, 2.75) is 33.9 Å². The van der Waals surface area contributed by atoms with Gasteiger partial charge in [0, 0.05) is 53.6 Å². The lowest BCUT2D eigenvalue weighted by Crippen LogP contribution is -2.38. The molecule has 0 aliphatic heterocycles. The zero-order valence-electron chi connectivity index (χ0n) is 15.5. The van der Waals surface area contributed by atoms with Crippen LogP contribution in [0.25, 0.3) is 0 Å². The van der Waals surface area contributed by atoms with Crippen molar-refractivity contribution in [1.82, 2.24) is 15.6 Å². The SMILES string of the molecule is CC(C)(C)C(=O)NCCNCc1cc(Cl)ccc1OCc1cccnc1. The van der Waals surface area contributed by atoms with E-state index >= 15 is 0 Å². The quantitative estimate of drug-likeness (QED) is 0.692. The molecule has 0 radical (unpaired) electrons. The summed E-state index contributed by atoms with van der Waals surface area (Å²) in [5.41, 5.74) is 1.61.